The van der Waals surface area contributed by atoms with E-state index in [1.807, 2.05) is 6.92 Å². The summed E-state index contributed by atoms with van der Waals surface area (Å²) >= 11 is 2.91. The monoisotopic (exact) mass is 407 g/mol. The van der Waals surface area contributed by atoms with Gasteiger partial charge in [0.05, 0.1) is 18.5 Å². The highest BCUT2D eigenvalue weighted by Crippen LogP contribution is 2.27. The van der Waals surface area contributed by atoms with Crippen molar-refractivity contribution in [2.45, 2.75) is 24.6 Å². The SMILES string of the molecule is CCCSc1nnc(NC(=O)c2nn(-c3ccc(F)cc3)cc2OCC)s1. The lowest BCUT2D eigenvalue weighted by atomic mass is 10.3. The number of hydrogen-bond acceptors (Lipinski definition) is 7. The smallest absolute Gasteiger partial charge is 0.281 e. The van der Waals surface area contributed by atoms with E-state index in [1.54, 1.807) is 30.1 Å². The number of halogens is 1. The molecule has 2 aromatic heterocycles. The van der Waals surface area contributed by atoms with Crippen LogP contribution in [0, 0.1) is 5.82 Å². The van der Waals surface area contributed by atoms with Crippen LogP contribution in [0.1, 0.15) is 30.8 Å². The van der Waals surface area contributed by atoms with Crippen LogP contribution in [0.3, 0.4) is 0 Å². The number of ether oxygens (including phenoxy) is 1. The number of hydrogen-bond donors (Lipinski definition) is 1. The van der Waals surface area contributed by atoms with Crippen molar-refractivity contribution in [1.82, 2.24) is 20.0 Å². The third-order valence-electron chi connectivity index (χ3n) is 3.34. The number of aromatic nitrogens is 4. The summed E-state index contributed by atoms with van der Waals surface area (Å²) < 4.78 is 20.9. The van der Waals surface area contributed by atoms with Gasteiger partial charge in [-0.1, -0.05) is 30.0 Å². The van der Waals surface area contributed by atoms with Crippen molar-refractivity contribution in [1.29, 1.82) is 0 Å². The minimum absolute atomic E-state index is 0.124. The van der Waals surface area contributed by atoms with Gasteiger partial charge in [-0.05, 0) is 37.6 Å². The fourth-order valence-corrected chi connectivity index (χ4v) is 3.84. The molecule has 10 heteroatoms. The van der Waals surface area contributed by atoms with Gasteiger partial charge in [-0.2, -0.15) is 5.10 Å². The third-order valence-corrected chi connectivity index (χ3v) is 5.52. The van der Waals surface area contributed by atoms with Crippen LogP contribution in [-0.4, -0.2) is 38.2 Å². The Morgan fingerprint density at radius 1 is 1.30 bits per heavy atom. The van der Waals surface area contributed by atoms with Crippen molar-refractivity contribution in [2.24, 2.45) is 0 Å². The van der Waals surface area contributed by atoms with E-state index < -0.39 is 5.91 Å². The summed E-state index contributed by atoms with van der Waals surface area (Å²) in [5.41, 5.74) is 0.740. The van der Waals surface area contributed by atoms with Crippen LogP contribution in [0.25, 0.3) is 5.69 Å². The van der Waals surface area contributed by atoms with E-state index in [0.717, 1.165) is 16.5 Å². The Labute approximate surface area is 164 Å². The quantitative estimate of drug-likeness (QED) is 0.449. The minimum Gasteiger partial charge on any atom is -0.490 e. The molecule has 1 amide bonds. The summed E-state index contributed by atoms with van der Waals surface area (Å²) in [4.78, 5) is 12.6. The molecule has 0 aliphatic carbocycles. The first-order chi connectivity index (χ1) is 13.1. The number of anilines is 1. The predicted molar refractivity (Wildman–Crippen MR) is 104 cm³/mol. The summed E-state index contributed by atoms with van der Waals surface area (Å²) in [6, 6.07) is 5.80. The molecule has 0 spiro atoms. The third kappa shape index (κ3) is 4.83. The first kappa shape index (κ1) is 19.3. The number of rotatable bonds is 8. The molecule has 0 bridgehead atoms. The van der Waals surface area contributed by atoms with Gasteiger partial charge in [-0.25, -0.2) is 9.07 Å². The van der Waals surface area contributed by atoms with E-state index in [2.05, 4.69) is 27.5 Å². The van der Waals surface area contributed by atoms with Crippen molar-refractivity contribution < 1.29 is 13.9 Å². The Morgan fingerprint density at radius 3 is 2.78 bits per heavy atom. The van der Waals surface area contributed by atoms with Crippen molar-refractivity contribution in [3.63, 3.8) is 0 Å². The molecule has 0 aliphatic heterocycles. The lowest BCUT2D eigenvalue weighted by Crippen LogP contribution is -2.14. The van der Waals surface area contributed by atoms with Gasteiger partial charge >= 0.3 is 0 Å². The first-order valence-electron chi connectivity index (χ1n) is 8.36. The molecule has 7 nitrogen and oxygen atoms in total. The van der Waals surface area contributed by atoms with Crippen LogP contribution in [0.2, 0.25) is 0 Å². The number of nitrogens with zero attached hydrogens (tertiary/aromatic N) is 4. The average Bonchev–Trinajstić information content (AvgIpc) is 3.28. The lowest BCUT2D eigenvalue weighted by molar-refractivity contribution is 0.101. The fraction of sp³-hybridized carbons (Fsp3) is 0.294. The molecule has 3 rings (SSSR count). The highest BCUT2D eigenvalue weighted by Gasteiger charge is 2.20. The number of thioether (sulfide) groups is 1. The molecule has 0 radical (unpaired) electrons. The van der Waals surface area contributed by atoms with Gasteiger partial charge in [0.1, 0.15) is 5.82 Å². The number of carbonyl (C=O) groups is 1. The molecular formula is C17H18FN5O2S2. The standard InChI is InChI=1S/C17H18FN5O2S2/c1-3-9-26-17-21-20-16(27-17)19-15(24)14-13(25-4-2)10-23(22-14)12-7-5-11(18)6-8-12/h5-8,10H,3-4,9H2,1-2H3,(H,19,20,24). The van der Waals surface area contributed by atoms with Crippen molar-refractivity contribution >= 4 is 34.1 Å². The molecule has 1 aromatic carbocycles. The number of carbonyl (C=O) groups excluding carboxylic acids is 1. The number of amides is 1. The summed E-state index contributed by atoms with van der Waals surface area (Å²) in [7, 11) is 0. The highest BCUT2D eigenvalue weighted by molar-refractivity contribution is 8.01. The topological polar surface area (TPSA) is 81.9 Å². The van der Waals surface area contributed by atoms with E-state index >= 15 is 0 Å². The second-order valence-electron chi connectivity index (χ2n) is 5.37. The fourth-order valence-electron chi connectivity index (χ4n) is 2.17. The summed E-state index contributed by atoms with van der Waals surface area (Å²) in [5.74, 6) is 0.493. The molecule has 27 heavy (non-hydrogen) atoms. The zero-order valence-electron chi connectivity index (χ0n) is 14.8. The normalized spacial score (nSPS) is 10.8. The molecule has 0 aliphatic rings. The largest absolute Gasteiger partial charge is 0.490 e. The maximum Gasteiger partial charge on any atom is 0.281 e. The van der Waals surface area contributed by atoms with E-state index in [1.165, 1.54) is 28.2 Å². The Balaban J connectivity index is 1.80. The maximum atomic E-state index is 13.1. The van der Waals surface area contributed by atoms with E-state index in [0.29, 0.717) is 23.2 Å². The Morgan fingerprint density at radius 2 is 2.07 bits per heavy atom. The second-order valence-corrected chi connectivity index (χ2v) is 7.69. The van der Waals surface area contributed by atoms with Crippen molar-refractivity contribution in [3.05, 3.63) is 42.0 Å². The van der Waals surface area contributed by atoms with E-state index in [-0.39, 0.29) is 11.5 Å². The number of benzene rings is 1. The Kier molecular flexibility index (Phi) is 6.40. The summed E-state index contributed by atoms with van der Waals surface area (Å²) in [6.07, 6.45) is 2.62. The van der Waals surface area contributed by atoms with Gasteiger partial charge in [-0.15, -0.1) is 10.2 Å². The lowest BCUT2D eigenvalue weighted by Gasteiger charge is -2.02. The van der Waals surface area contributed by atoms with Gasteiger partial charge < -0.3 is 4.74 Å². The van der Waals surface area contributed by atoms with Gasteiger partial charge in [0.25, 0.3) is 5.91 Å². The predicted octanol–water partition coefficient (Wildman–Crippen LogP) is 4.02. The molecule has 0 unspecified atom stereocenters. The molecule has 2 heterocycles. The van der Waals surface area contributed by atoms with Gasteiger partial charge in [0.15, 0.2) is 15.8 Å². The zero-order valence-corrected chi connectivity index (χ0v) is 16.4. The molecule has 0 saturated heterocycles. The molecule has 0 saturated carbocycles. The van der Waals surface area contributed by atoms with Crippen molar-refractivity contribution in [3.8, 4) is 11.4 Å². The van der Waals surface area contributed by atoms with Crippen molar-refractivity contribution in [2.75, 3.05) is 17.7 Å². The van der Waals surface area contributed by atoms with Crippen LogP contribution in [0.4, 0.5) is 9.52 Å². The van der Waals surface area contributed by atoms with Gasteiger partial charge in [0, 0.05) is 5.75 Å². The minimum atomic E-state index is -0.442. The van der Waals surface area contributed by atoms with Crippen LogP contribution in [0.15, 0.2) is 34.8 Å². The maximum absolute atomic E-state index is 13.1. The first-order valence-corrected chi connectivity index (χ1v) is 10.2. The molecular weight excluding hydrogens is 389 g/mol. The summed E-state index contributed by atoms with van der Waals surface area (Å²) in [6.45, 7) is 4.29. The van der Waals surface area contributed by atoms with Gasteiger partial charge in [0.2, 0.25) is 5.13 Å². The summed E-state index contributed by atoms with van der Waals surface area (Å²) in [5, 5.41) is 15.4. The second kappa shape index (κ2) is 8.96. The molecule has 142 valence electrons. The average molecular weight is 407 g/mol. The number of nitrogens with one attached hydrogen (secondary N) is 1. The molecule has 3 aromatic rings. The van der Waals surface area contributed by atoms with Crippen LogP contribution in [0.5, 0.6) is 5.75 Å². The highest BCUT2D eigenvalue weighted by atomic mass is 32.2. The Bertz CT molecular complexity index is 910. The van der Waals surface area contributed by atoms with E-state index in [4.69, 9.17) is 4.74 Å². The van der Waals surface area contributed by atoms with Gasteiger partial charge in [-0.3, -0.25) is 10.1 Å². The van der Waals surface area contributed by atoms with Crippen LogP contribution in [-0.2, 0) is 0 Å². The van der Waals surface area contributed by atoms with Crippen LogP contribution >= 0.6 is 23.1 Å². The molecule has 1 N–H and O–H groups in total. The zero-order chi connectivity index (χ0) is 19.2. The Hall–Kier alpha value is -2.46. The van der Waals surface area contributed by atoms with Crippen LogP contribution < -0.4 is 10.1 Å². The molecule has 0 fully saturated rings. The molecule has 0 atom stereocenters. The van der Waals surface area contributed by atoms with E-state index in [9.17, 15) is 9.18 Å².